The van der Waals surface area contributed by atoms with Gasteiger partial charge in [-0.1, -0.05) is 66.2 Å². The molecule has 4 aromatic carbocycles. The first-order valence-corrected chi connectivity index (χ1v) is 11.5. The number of benzene rings is 4. The van der Waals surface area contributed by atoms with Crippen LogP contribution in [-0.2, 0) is 6.61 Å². The second kappa shape index (κ2) is 10.9. The van der Waals surface area contributed by atoms with Crippen molar-refractivity contribution < 1.29 is 19.4 Å². The summed E-state index contributed by atoms with van der Waals surface area (Å²) >= 11 is 5.93. The maximum Gasteiger partial charge on any atom is 0.335 e. The highest BCUT2D eigenvalue weighted by Crippen LogP contribution is 2.27. The Bertz CT molecular complexity index is 1320. The quantitative estimate of drug-likeness (QED) is 0.288. The van der Waals surface area contributed by atoms with Crippen LogP contribution >= 0.6 is 11.6 Å². The van der Waals surface area contributed by atoms with Crippen molar-refractivity contribution in [3.05, 3.63) is 124 Å². The minimum atomic E-state index is -0.983. The third kappa shape index (κ3) is 6.08. The van der Waals surface area contributed by atoms with E-state index in [0.717, 1.165) is 28.0 Å². The number of hydrogen-bond acceptors (Lipinski definition) is 3. The number of nitrogens with one attached hydrogen (secondary N) is 1. The minimum absolute atomic E-state index is 0.207. The van der Waals surface area contributed by atoms with E-state index in [0.29, 0.717) is 17.2 Å². The number of aromatic carboxylic acids is 1. The number of rotatable bonds is 8. The zero-order valence-electron chi connectivity index (χ0n) is 19.1. The van der Waals surface area contributed by atoms with Crippen molar-refractivity contribution in [2.45, 2.75) is 19.6 Å². The van der Waals surface area contributed by atoms with Gasteiger partial charge >= 0.3 is 5.97 Å². The lowest BCUT2D eigenvalue weighted by Crippen LogP contribution is -2.27. The molecule has 4 aromatic rings. The molecule has 0 fully saturated rings. The molecule has 0 aliphatic heterocycles. The van der Waals surface area contributed by atoms with Crippen LogP contribution in [0.2, 0.25) is 5.02 Å². The van der Waals surface area contributed by atoms with E-state index < -0.39 is 5.97 Å². The van der Waals surface area contributed by atoms with E-state index in [4.69, 9.17) is 21.4 Å². The van der Waals surface area contributed by atoms with Crippen LogP contribution in [0.3, 0.4) is 0 Å². The Balaban J connectivity index is 1.45. The Kier molecular flexibility index (Phi) is 7.48. The fourth-order valence-corrected chi connectivity index (χ4v) is 3.81. The average Bonchev–Trinajstić information content (AvgIpc) is 2.88. The normalized spacial score (nSPS) is 11.5. The number of carboxylic acid groups (broad SMARTS) is 1. The molecular formula is C29H24ClNO4. The van der Waals surface area contributed by atoms with Crippen molar-refractivity contribution in [2.75, 3.05) is 0 Å². The van der Waals surface area contributed by atoms with E-state index in [1.54, 1.807) is 18.2 Å². The molecule has 0 aliphatic carbocycles. The summed E-state index contributed by atoms with van der Waals surface area (Å²) < 4.78 is 5.87. The van der Waals surface area contributed by atoms with Gasteiger partial charge in [0.05, 0.1) is 11.6 Å². The van der Waals surface area contributed by atoms with Gasteiger partial charge in [-0.3, -0.25) is 4.79 Å². The molecule has 6 heteroatoms. The maximum atomic E-state index is 13.1. The van der Waals surface area contributed by atoms with Crippen LogP contribution in [0.15, 0.2) is 97.1 Å². The van der Waals surface area contributed by atoms with E-state index in [-0.39, 0.29) is 17.5 Å². The first kappa shape index (κ1) is 24.0. The number of halogens is 1. The van der Waals surface area contributed by atoms with Crippen LogP contribution in [-0.4, -0.2) is 17.0 Å². The number of hydrogen-bond donors (Lipinski definition) is 2. The highest BCUT2D eigenvalue weighted by atomic mass is 35.5. The Hall–Kier alpha value is -4.09. The number of amides is 1. The molecule has 0 saturated carbocycles. The molecule has 0 aliphatic rings. The monoisotopic (exact) mass is 485 g/mol. The SMILES string of the molecule is C[C@H](NC(=O)c1ccccc1-c1ccc(OCc2ccc(Cl)cc2)cc1)c1ccc(C(=O)O)cc1. The maximum absolute atomic E-state index is 13.1. The summed E-state index contributed by atoms with van der Waals surface area (Å²) in [7, 11) is 0. The van der Waals surface area contributed by atoms with Gasteiger partial charge in [-0.2, -0.15) is 0 Å². The molecule has 2 N–H and O–H groups in total. The lowest BCUT2D eigenvalue weighted by Gasteiger charge is -2.17. The van der Waals surface area contributed by atoms with Gasteiger partial charge in [0.15, 0.2) is 0 Å². The van der Waals surface area contributed by atoms with Gasteiger partial charge < -0.3 is 15.2 Å². The summed E-state index contributed by atoms with van der Waals surface area (Å²) in [6.07, 6.45) is 0. The van der Waals surface area contributed by atoms with E-state index in [9.17, 15) is 9.59 Å². The number of carbonyl (C=O) groups excluding carboxylic acids is 1. The number of carbonyl (C=O) groups is 2. The summed E-state index contributed by atoms with van der Waals surface area (Å²) in [6.45, 7) is 2.30. The van der Waals surface area contributed by atoms with Crippen LogP contribution in [0.1, 0.15) is 44.8 Å². The third-order valence-corrected chi connectivity index (χ3v) is 5.91. The summed E-state index contributed by atoms with van der Waals surface area (Å²) in [4.78, 5) is 24.2. The molecule has 4 rings (SSSR count). The zero-order valence-corrected chi connectivity index (χ0v) is 19.8. The Morgan fingerprint density at radius 1 is 0.886 bits per heavy atom. The van der Waals surface area contributed by atoms with Crippen molar-refractivity contribution >= 4 is 23.5 Å². The lowest BCUT2D eigenvalue weighted by atomic mass is 9.98. The first-order chi connectivity index (χ1) is 16.9. The van der Waals surface area contributed by atoms with Crippen molar-refractivity contribution in [3.8, 4) is 16.9 Å². The Morgan fingerprint density at radius 2 is 1.54 bits per heavy atom. The van der Waals surface area contributed by atoms with Crippen LogP contribution in [0.4, 0.5) is 0 Å². The largest absolute Gasteiger partial charge is 0.489 e. The van der Waals surface area contributed by atoms with Crippen molar-refractivity contribution in [2.24, 2.45) is 0 Å². The van der Waals surface area contributed by atoms with Gasteiger partial charge in [-0.25, -0.2) is 4.79 Å². The zero-order chi connectivity index (χ0) is 24.8. The second-order valence-electron chi connectivity index (χ2n) is 8.11. The second-order valence-corrected chi connectivity index (χ2v) is 8.54. The summed E-state index contributed by atoms with van der Waals surface area (Å²) in [5.74, 6) is -0.467. The van der Waals surface area contributed by atoms with Crippen LogP contribution < -0.4 is 10.1 Å². The molecule has 0 radical (unpaired) electrons. The molecule has 35 heavy (non-hydrogen) atoms. The summed E-state index contributed by atoms with van der Waals surface area (Å²) in [6, 6.07) is 28.7. The minimum Gasteiger partial charge on any atom is -0.489 e. The molecule has 0 bridgehead atoms. The highest BCUT2D eigenvalue weighted by molar-refractivity contribution is 6.30. The topological polar surface area (TPSA) is 75.6 Å². The van der Waals surface area contributed by atoms with Gasteiger partial charge in [-0.15, -0.1) is 0 Å². The lowest BCUT2D eigenvalue weighted by molar-refractivity contribution is 0.0696. The van der Waals surface area contributed by atoms with E-state index in [1.807, 2.05) is 73.7 Å². The molecular weight excluding hydrogens is 462 g/mol. The summed E-state index contributed by atoms with van der Waals surface area (Å²) in [5, 5.41) is 12.8. The molecule has 5 nitrogen and oxygen atoms in total. The smallest absolute Gasteiger partial charge is 0.335 e. The fourth-order valence-electron chi connectivity index (χ4n) is 3.68. The first-order valence-electron chi connectivity index (χ1n) is 11.1. The van der Waals surface area contributed by atoms with E-state index >= 15 is 0 Å². The third-order valence-electron chi connectivity index (χ3n) is 5.66. The predicted molar refractivity (Wildman–Crippen MR) is 137 cm³/mol. The van der Waals surface area contributed by atoms with Crippen LogP contribution in [0.5, 0.6) is 5.75 Å². The Morgan fingerprint density at radius 3 is 2.20 bits per heavy atom. The molecule has 0 heterocycles. The van der Waals surface area contributed by atoms with Crippen LogP contribution in [0.25, 0.3) is 11.1 Å². The number of carboxylic acids is 1. The predicted octanol–water partition coefficient (Wildman–Crippen LogP) is 6.78. The molecule has 0 saturated heterocycles. The van der Waals surface area contributed by atoms with Crippen molar-refractivity contribution in [1.29, 1.82) is 0 Å². The van der Waals surface area contributed by atoms with Gasteiger partial charge in [0.25, 0.3) is 5.91 Å². The van der Waals surface area contributed by atoms with Gasteiger partial charge in [-0.05, 0) is 71.6 Å². The average molecular weight is 486 g/mol. The van der Waals surface area contributed by atoms with Crippen molar-refractivity contribution in [1.82, 2.24) is 5.32 Å². The molecule has 0 spiro atoms. The molecule has 176 valence electrons. The highest BCUT2D eigenvalue weighted by Gasteiger charge is 2.16. The standard InChI is InChI=1S/C29H24ClNO4/c1-19(21-8-10-23(11-9-21)29(33)34)31-28(32)27-5-3-2-4-26(27)22-12-16-25(17-13-22)35-18-20-6-14-24(30)15-7-20/h2-17,19H,18H2,1H3,(H,31,32)(H,33,34)/t19-/m0/s1. The van der Waals surface area contributed by atoms with Crippen LogP contribution in [0, 0.1) is 0 Å². The molecule has 1 atom stereocenters. The molecule has 1 amide bonds. The van der Waals surface area contributed by atoms with E-state index in [2.05, 4.69) is 5.32 Å². The summed E-state index contributed by atoms with van der Waals surface area (Å²) in [5.41, 5.74) is 4.31. The van der Waals surface area contributed by atoms with Gasteiger partial charge in [0.2, 0.25) is 0 Å². The van der Waals surface area contributed by atoms with E-state index in [1.165, 1.54) is 12.1 Å². The Labute approximate surface area is 209 Å². The fraction of sp³-hybridized carbons (Fsp3) is 0.103. The molecule has 0 aromatic heterocycles. The number of ether oxygens (including phenoxy) is 1. The van der Waals surface area contributed by atoms with Gasteiger partial charge in [0, 0.05) is 10.6 Å². The van der Waals surface area contributed by atoms with Crippen molar-refractivity contribution in [3.63, 3.8) is 0 Å². The van der Waals surface area contributed by atoms with Gasteiger partial charge in [0.1, 0.15) is 12.4 Å². The molecule has 0 unspecified atom stereocenters.